The average Bonchev–Trinajstić information content (AvgIpc) is 1.88. The first kappa shape index (κ1) is 7.50. The van der Waals surface area contributed by atoms with E-state index in [1.807, 2.05) is 6.07 Å². The van der Waals surface area contributed by atoms with Crippen LogP contribution in [0.15, 0.2) is 29.2 Å². The summed E-state index contributed by atoms with van der Waals surface area (Å²) in [7, 11) is 0.641. The van der Waals surface area contributed by atoms with Gasteiger partial charge in [-0.25, -0.2) is 0 Å². The Morgan fingerprint density at radius 3 is 2.90 bits per heavy atom. The lowest BCUT2D eigenvalue weighted by Gasteiger charge is -1.99. The summed E-state index contributed by atoms with van der Waals surface area (Å²) in [5, 5.41) is 8.24. The van der Waals surface area contributed by atoms with Gasteiger partial charge in [0.25, 0.3) is 0 Å². The first-order valence-electron chi connectivity index (χ1n) is 2.74. The highest BCUT2D eigenvalue weighted by molar-refractivity contribution is 7.80. The van der Waals surface area contributed by atoms with Crippen molar-refractivity contribution >= 4 is 20.3 Å². The van der Waals surface area contributed by atoms with Crippen molar-refractivity contribution in [3.05, 3.63) is 24.3 Å². The lowest BCUT2D eigenvalue weighted by molar-refractivity contribution is 0.453. The van der Waals surface area contributed by atoms with Gasteiger partial charge in [0.1, 0.15) is 5.75 Å². The second kappa shape index (κ2) is 3.54. The Hall–Kier alpha value is -0.605. The number of rotatable bonds is 2. The van der Waals surface area contributed by atoms with Crippen LogP contribution in [0.25, 0.3) is 0 Å². The molecule has 0 aromatic heterocycles. The summed E-state index contributed by atoms with van der Waals surface area (Å²) >= 11 is 4.07. The van der Waals surface area contributed by atoms with Crippen LogP contribution in [0.4, 0.5) is 0 Å². The molecule has 1 N–H and O–H groups in total. The van der Waals surface area contributed by atoms with E-state index < -0.39 is 0 Å². The van der Waals surface area contributed by atoms with Crippen LogP contribution in [0.1, 0.15) is 0 Å². The largest absolute Gasteiger partial charge is 0.569 e. The Morgan fingerprint density at radius 1 is 1.50 bits per heavy atom. The fourth-order valence-corrected chi connectivity index (χ4v) is 0.831. The maximum Gasteiger partial charge on any atom is 0.569 e. The van der Waals surface area contributed by atoms with Gasteiger partial charge in [-0.2, -0.15) is 0 Å². The van der Waals surface area contributed by atoms with E-state index in [2.05, 4.69) is 17.3 Å². The molecule has 0 amide bonds. The van der Waals surface area contributed by atoms with Crippen molar-refractivity contribution in [1.82, 2.24) is 0 Å². The van der Waals surface area contributed by atoms with E-state index in [4.69, 9.17) is 5.02 Å². The second-order valence-electron chi connectivity index (χ2n) is 1.72. The molecular weight excluding hydrogens is 147 g/mol. The Bertz CT molecular complexity index is 217. The first-order valence-corrected chi connectivity index (χ1v) is 3.19. The summed E-state index contributed by atoms with van der Waals surface area (Å²) in [5.41, 5.74) is 0. The average molecular weight is 153 g/mol. The number of hydrogen-bond acceptors (Lipinski definition) is 3. The molecule has 0 heterocycles. The number of thiol groups is 1. The van der Waals surface area contributed by atoms with Crippen LogP contribution < -0.4 is 4.65 Å². The minimum Gasteiger partial charge on any atom is -0.537 e. The minimum atomic E-state index is 0.579. The minimum absolute atomic E-state index is 0.579. The first-order chi connectivity index (χ1) is 4.83. The van der Waals surface area contributed by atoms with Crippen LogP contribution in [0, 0.1) is 0 Å². The van der Waals surface area contributed by atoms with Gasteiger partial charge in [-0.3, -0.25) is 0 Å². The summed E-state index contributed by atoms with van der Waals surface area (Å²) in [4.78, 5) is 0.805. The Kier molecular flexibility index (Phi) is 2.65. The van der Waals surface area contributed by atoms with Gasteiger partial charge in [0.15, 0.2) is 0 Å². The molecule has 4 heteroatoms. The number of benzene rings is 1. The van der Waals surface area contributed by atoms with Crippen LogP contribution in [-0.2, 0) is 0 Å². The van der Waals surface area contributed by atoms with Crippen molar-refractivity contribution in [2.24, 2.45) is 0 Å². The lowest BCUT2D eigenvalue weighted by atomic mass is 10.3. The van der Waals surface area contributed by atoms with Crippen LogP contribution >= 0.6 is 12.6 Å². The van der Waals surface area contributed by atoms with Gasteiger partial charge in [0, 0.05) is 4.90 Å². The van der Waals surface area contributed by atoms with Crippen LogP contribution in [0.3, 0.4) is 0 Å². The quantitative estimate of drug-likeness (QED) is 0.487. The maximum absolute atomic E-state index is 8.24. The highest BCUT2D eigenvalue weighted by Crippen LogP contribution is 2.14. The van der Waals surface area contributed by atoms with Crippen molar-refractivity contribution in [2.75, 3.05) is 0 Å². The molecule has 0 aliphatic heterocycles. The van der Waals surface area contributed by atoms with Crippen LogP contribution in [0.2, 0.25) is 0 Å². The third kappa shape index (κ3) is 1.97. The van der Waals surface area contributed by atoms with Gasteiger partial charge in [-0.1, -0.05) is 6.07 Å². The third-order valence-corrected chi connectivity index (χ3v) is 1.28. The van der Waals surface area contributed by atoms with Gasteiger partial charge in [0.2, 0.25) is 0 Å². The zero-order valence-corrected chi connectivity index (χ0v) is 6.08. The molecule has 1 aromatic rings. The zero-order valence-electron chi connectivity index (χ0n) is 5.19. The second-order valence-corrected chi connectivity index (χ2v) is 2.24. The van der Waals surface area contributed by atoms with E-state index in [0.29, 0.717) is 13.4 Å². The van der Waals surface area contributed by atoms with E-state index in [1.54, 1.807) is 18.2 Å². The maximum atomic E-state index is 8.24. The molecule has 0 aliphatic carbocycles. The van der Waals surface area contributed by atoms with E-state index >= 15 is 0 Å². The summed E-state index contributed by atoms with van der Waals surface area (Å²) in [5.74, 6) is 0.579. The van der Waals surface area contributed by atoms with E-state index in [1.165, 1.54) is 0 Å². The van der Waals surface area contributed by atoms with Gasteiger partial charge >= 0.3 is 7.69 Å². The third-order valence-electron chi connectivity index (χ3n) is 1.01. The molecule has 0 bridgehead atoms. The van der Waals surface area contributed by atoms with E-state index in [0.717, 1.165) is 4.90 Å². The molecular formula is C6H6BO2S. The van der Waals surface area contributed by atoms with Crippen molar-refractivity contribution < 1.29 is 9.68 Å². The van der Waals surface area contributed by atoms with Crippen LogP contribution in [-0.4, -0.2) is 12.7 Å². The topological polar surface area (TPSA) is 29.5 Å². The fourth-order valence-electron chi connectivity index (χ4n) is 0.618. The molecule has 0 fully saturated rings. The standard InChI is InChI=1S/C6H6BO2S/c8-7-9-5-2-1-3-6(10)4-5/h1-4,8,10H. The lowest BCUT2D eigenvalue weighted by Crippen LogP contribution is -1.99. The number of hydrogen-bond donors (Lipinski definition) is 2. The summed E-state index contributed by atoms with van der Waals surface area (Å²) in [6.45, 7) is 0. The van der Waals surface area contributed by atoms with Gasteiger partial charge in [0.05, 0.1) is 0 Å². The summed E-state index contributed by atoms with van der Waals surface area (Å²) in [6, 6.07) is 7.05. The molecule has 10 heavy (non-hydrogen) atoms. The molecule has 2 nitrogen and oxygen atoms in total. The highest BCUT2D eigenvalue weighted by atomic mass is 32.1. The summed E-state index contributed by atoms with van der Waals surface area (Å²) in [6.07, 6.45) is 0. The van der Waals surface area contributed by atoms with Crippen LogP contribution in [0.5, 0.6) is 5.75 Å². The normalized spacial score (nSPS) is 9.00. The van der Waals surface area contributed by atoms with E-state index in [9.17, 15) is 0 Å². The predicted molar refractivity (Wildman–Crippen MR) is 42.3 cm³/mol. The van der Waals surface area contributed by atoms with Crippen molar-refractivity contribution in [2.45, 2.75) is 4.90 Å². The SMILES string of the molecule is O[B]Oc1cccc(S)c1. The fraction of sp³-hybridized carbons (Fsp3) is 0. The molecule has 0 aliphatic rings. The molecule has 0 saturated heterocycles. The predicted octanol–water partition coefficient (Wildman–Crippen LogP) is 0.881. The van der Waals surface area contributed by atoms with Crippen molar-refractivity contribution in [3.8, 4) is 5.75 Å². The monoisotopic (exact) mass is 153 g/mol. The highest BCUT2D eigenvalue weighted by Gasteiger charge is 1.92. The zero-order chi connectivity index (χ0) is 7.40. The van der Waals surface area contributed by atoms with Gasteiger partial charge in [-0.15, -0.1) is 12.6 Å². The van der Waals surface area contributed by atoms with Crippen molar-refractivity contribution in [3.63, 3.8) is 0 Å². The summed E-state index contributed by atoms with van der Waals surface area (Å²) < 4.78 is 4.67. The molecule has 1 radical (unpaired) electrons. The Labute approximate surface area is 65.6 Å². The smallest absolute Gasteiger partial charge is 0.537 e. The molecule has 0 unspecified atom stereocenters. The van der Waals surface area contributed by atoms with Gasteiger partial charge < -0.3 is 9.68 Å². The molecule has 0 spiro atoms. The Balaban J connectivity index is 2.75. The molecule has 51 valence electrons. The molecule has 1 rings (SSSR count). The molecule has 0 atom stereocenters. The van der Waals surface area contributed by atoms with Gasteiger partial charge in [-0.05, 0) is 18.2 Å². The molecule has 1 aromatic carbocycles. The molecule has 0 saturated carbocycles. The van der Waals surface area contributed by atoms with Crippen molar-refractivity contribution in [1.29, 1.82) is 0 Å². The van der Waals surface area contributed by atoms with E-state index in [-0.39, 0.29) is 0 Å². The Morgan fingerprint density at radius 2 is 2.30 bits per heavy atom.